The fraction of sp³-hybridized carbons (Fsp3) is 0.923. The highest BCUT2D eigenvalue weighted by Crippen LogP contribution is 2.54. The van der Waals surface area contributed by atoms with Crippen molar-refractivity contribution in [3.05, 3.63) is 0 Å². The van der Waals surface area contributed by atoms with Crippen molar-refractivity contribution in [2.24, 2.45) is 23.7 Å². The molecule has 3 rings (SSSR count). The van der Waals surface area contributed by atoms with Crippen LogP contribution in [-0.2, 0) is 4.79 Å². The summed E-state index contributed by atoms with van der Waals surface area (Å²) in [6, 6.07) is 0.490. The van der Waals surface area contributed by atoms with Crippen LogP contribution in [0.25, 0.3) is 0 Å². The first-order valence-electron chi connectivity index (χ1n) is 6.52. The minimum Gasteiger partial charge on any atom is -0.353 e. The highest BCUT2D eigenvalue weighted by Gasteiger charge is 2.48. The number of carbonyl (C=O) groups excluding carboxylic acids is 1. The van der Waals surface area contributed by atoms with Crippen molar-refractivity contribution in [3.8, 4) is 0 Å². The molecule has 0 aromatic heterocycles. The molecule has 0 heterocycles. The molecule has 1 N–H and O–H groups in total. The zero-order valence-electron chi connectivity index (χ0n) is 9.54. The van der Waals surface area contributed by atoms with Gasteiger partial charge in [-0.15, -0.1) is 0 Å². The minimum absolute atomic E-state index is 0.362. The molecular formula is C13H21NO. The van der Waals surface area contributed by atoms with Crippen LogP contribution < -0.4 is 5.32 Å². The molecule has 3 fully saturated rings. The molecule has 0 spiro atoms. The molecule has 2 nitrogen and oxygen atoms in total. The van der Waals surface area contributed by atoms with Gasteiger partial charge in [0.1, 0.15) is 0 Å². The van der Waals surface area contributed by atoms with Crippen LogP contribution in [0.15, 0.2) is 0 Å². The predicted molar refractivity (Wildman–Crippen MR) is 59.3 cm³/mol. The normalized spacial score (nSPS) is 47.7. The van der Waals surface area contributed by atoms with Gasteiger partial charge in [-0.1, -0.05) is 6.92 Å². The molecule has 1 amide bonds. The number of hydrogen-bond acceptors (Lipinski definition) is 1. The largest absolute Gasteiger partial charge is 0.353 e. The molecule has 0 aromatic carbocycles. The van der Waals surface area contributed by atoms with Crippen LogP contribution in [0.1, 0.15) is 45.4 Å². The van der Waals surface area contributed by atoms with Crippen molar-refractivity contribution >= 4 is 5.91 Å². The van der Waals surface area contributed by atoms with E-state index in [0.717, 1.165) is 17.8 Å². The van der Waals surface area contributed by atoms with Crippen molar-refractivity contribution in [2.45, 2.75) is 51.5 Å². The maximum atomic E-state index is 12.0. The zero-order chi connectivity index (χ0) is 10.4. The molecule has 3 saturated carbocycles. The van der Waals surface area contributed by atoms with E-state index in [1.54, 1.807) is 0 Å². The number of amides is 1. The van der Waals surface area contributed by atoms with Gasteiger partial charge in [0.15, 0.2) is 0 Å². The summed E-state index contributed by atoms with van der Waals surface area (Å²) in [5, 5.41) is 3.25. The lowest BCUT2D eigenvalue weighted by atomic mass is 10.0. The van der Waals surface area contributed by atoms with E-state index in [9.17, 15) is 4.79 Å². The third-order valence-corrected chi connectivity index (χ3v) is 4.66. The molecule has 3 aliphatic rings. The van der Waals surface area contributed by atoms with Crippen LogP contribution in [0.5, 0.6) is 0 Å². The summed E-state index contributed by atoms with van der Waals surface area (Å²) in [5.41, 5.74) is 0. The second kappa shape index (κ2) is 3.50. The van der Waals surface area contributed by atoms with E-state index in [4.69, 9.17) is 0 Å². The molecule has 2 heteroatoms. The van der Waals surface area contributed by atoms with E-state index in [2.05, 4.69) is 12.2 Å². The first-order chi connectivity index (χ1) is 7.22. The summed E-state index contributed by atoms with van der Waals surface area (Å²) < 4.78 is 0. The van der Waals surface area contributed by atoms with Gasteiger partial charge >= 0.3 is 0 Å². The molecule has 0 saturated heterocycles. The van der Waals surface area contributed by atoms with Gasteiger partial charge in [-0.05, 0) is 56.3 Å². The zero-order valence-corrected chi connectivity index (χ0v) is 9.54. The lowest BCUT2D eigenvalue weighted by Gasteiger charge is -2.17. The average molecular weight is 207 g/mol. The van der Waals surface area contributed by atoms with Crippen molar-refractivity contribution in [1.29, 1.82) is 0 Å². The Morgan fingerprint density at radius 1 is 1.07 bits per heavy atom. The SMILES string of the molecule is CC1CCC(NC(=O)C2CC3CC3C2)C1. The van der Waals surface area contributed by atoms with Crippen LogP contribution in [0.4, 0.5) is 0 Å². The third kappa shape index (κ3) is 1.91. The molecule has 84 valence electrons. The van der Waals surface area contributed by atoms with Crippen molar-refractivity contribution in [2.75, 3.05) is 0 Å². The maximum Gasteiger partial charge on any atom is 0.223 e. The van der Waals surface area contributed by atoms with Crippen LogP contribution in [0.3, 0.4) is 0 Å². The Morgan fingerprint density at radius 2 is 1.80 bits per heavy atom. The molecular weight excluding hydrogens is 186 g/mol. The Bertz CT molecular complexity index is 266. The Balaban J connectivity index is 1.48. The average Bonchev–Trinajstić information content (AvgIpc) is 2.61. The Labute approximate surface area is 91.8 Å². The summed E-state index contributed by atoms with van der Waals surface area (Å²) in [5.74, 6) is 3.38. The summed E-state index contributed by atoms with van der Waals surface area (Å²) in [4.78, 5) is 12.0. The lowest BCUT2D eigenvalue weighted by molar-refractivity contribution is -0.125. The van der Waals surface area contributed by atoms with Gasteiger partial charge in [-0.25, -0.2) is 0 Å². The summed E-state index contributed by atoms with van der Waals surface area (Å²) in [7, 11) is 0. The first kappa shape index (κ1) is 9.68. The van der Waals surface area contributed by atoms with E-state index in [1.165, 1.54) is 38.5 Å². The Hall–Kier alpha value is -0.530. The monoisotopic (exact) mass is 207 g/mol. The Morgan fingerprint density at radius 3 is 2.40 bits per heavy atom. The van der Waals surface area contributed by atoms with Gasteiger partial charge in [-0.2, -0.15) is 0 Å². The van der Waals surface area contributed by atoms with Crippen LogP contribution in [0.2, 0.25) is 0 Å². The second-order valence-electron chi connectivity index (χ2n) is 6.05. The van der Waals surface area contributed by atoms with Crippen LogP contribution >= 0.6 is 0 Å². The molecule has 0 aliphatic heterocycles. The second-order valence-corrected chi connectivity index (χ2v) is 6.05. The topological polar surface area (TPSA) is 29.1 Å². The Kier molecular flexibility index (Phi) is 2.26. The number of rotatable bonds is 2. The number of nitrogens with one attached hydrogen (secondary N) is 1. The van der Waals surface area contributed by atoms with Gasteiger partial charge in [0, 0.05) is 12.0 Å². The summed E-state index contributed by atoms with van der Waals surface area (Å²) in [6.45, 7) is 2.29. The molecule has 0 bridgehead atoms. The minimum atomic E-state index is 0.362. The van der Waals surface area contributed by atoms with E-state index < -0.39 is 0 Å². The van der Waals surface area contributed by atoms with Crippen molar-refractivity contribution < 1.29 is 4.79 Å². The third-order valence-electron chi connectivity index (χ3n) is 4.66. The number of hydrogen-bond donors (Lipinski definition) is 1. The standard InChI is InChI=1S/C13H21NO/c1-8-2-3-12(4-8)14-13(15)11-6-9-5-10(9)7-11/h8-12H,2-7H2,1H3,(H,14,15). The molecule has 0 radical (unpaired) electrons. The van der Waals surface area contributed by atoms with Gasteiger partial charge in [0.25, 0.3) is 0 Å². The highest BCUT2D eigenvalue weighted by atomic mass is 16.1. The van der Waals surface area contributed by atoms with Crippen molar-refractivity contribution in [3.63, 3.8) is 0 Å². The fourth-order valence-electron chi connectivity index (χ4n) is 3.59. The molecule has 3 aliphatic carbocycles. The quantitative estimate of drug-likeness (QED) is 0.740. The highest BCUT2D eigenvalue weighted by molar-refractivity contribution is 5.79. The van der Waals surface area contributed by atoms with E-state index >= 15 is 0 Å². The van der Waals surface area contributed by atoms with E-state index in [-0.39, 0.29) is 0 Å². The number of carbonyl (C=O) groups is 1. The molecule has 15 heavy (non-hydrogen) atoms. The van der Waals surface area contributed by atoms with Crippen LogP contribution in [-0.4, -0.2) is 11.9 Å². The predicted octanol–water partition coefficient (Wildman–Crippen LogP) is 2.34. The summed E-state index contributed by atoms with van der Waals surface area (Å²) in [6.07, 6.45) is 7.46. The first-order valence-corrected chi connectivity index (χ1v) is 6.52. The van der Waals surface area contributed by atoms with Gasteiger partial charge in [0.2, 0.25) is 5.91 Å². The number of fused-ring (bicyclic) bond motifs is 1. The molecule has 0 aromatic rings. The smallest absolute Gasteiger partial charge is 0.223 e. The summed E-state index contributed by atoms with van der Waals surface area (Å²) >= 11 is 0. The molecule has 4 unspecified atom stereocenters. The van der Waals surface area contributed by atoms with Crippen molar-refractivity contribution in [1.82, 2.24) is 5.32 Å². The maximum absolute atomic E-state index is 12.0. The molecule has 4 atom stereocenters. The lowest BCUT2D eigenvalue weighted by Crippen LogP contribution is -2.37. The van der Waals surface area contributed by atoms with Crippen LogP contribution in [0, 0.1) is 23.7 Å². The van der Waals surface area contributed by atoms with E-state index in [1.807, 2.05) is 0 Å². The van der Waals surface area contributed by atoms with Gasteiger partial charge < -0.3 is 5.32 Å². The van der Waals surface area contributed by atoms with E-state index in [0.29, 0.717) is 17.9 Å². The fourth-order valence-corrected chi connectivity index (χ4v) is 3.59. The van der Waals surface area contributed by atoms with Gasteiger partial charge in [0.05, 0.1) is 0 Å². The van der Waals surface area contributed by atoms with Gasteiger partial charge in [-0.3, -0.25) is 4.79 Å².